The van der Waals surface area contributed by atoms with Crippen LogP contribution in [0.25, 0.3) is 0 Å². The van der Waals surface area contributed by atoms with Crippen LogP contribution in [-0.2, 0) is 9.53 Å². The van der Waals surface area contributed by atoms with Crippen molar-refractivity contribution in [1.29, 1.82) is 0 Å². The highest BCUT2D eigenvalue weighted by Crippen LogP contribution is 2.27. The maximum absolute atomic E-state index is 11.7. The fraction of sp³-hybridized carbons (Fsp3) is 0.857. The SMILES string of the molecule is CC(C)(C)NC(=O)OCCC[C@H]1CC(C)(C)NC1=O. The quantitative estimate of drug-likeness (QED) is 0.770. The summed E-state index contributed by atoms with van der Waals surface area (Å²) in [7, 11) is 0. The van der Waals surface area contributed by atoms with Crippen LogP contribution in [0.15, 0.2) is 0 Å². The third-order valence-electron chi connectivity index (χ3n) is 3.00. The van der Waals surface area contributed by atoms with Crippen LogP contribution in [0.4, 0.5) is 4.79 Å². The van der Waals surface area contributed by atoms with E-state index in [1.807, 2.05) is 34.6 Å². The van der Waals surface area contributed by atoms with Crippen molar-refractivity contribution in [2.24, 2.45) is 5.92 Å². The topological polar surface area (TPSA) is 67.4 Å². The Bertz CT molecular complexity index is 345. The van der Waals surface area contributed by atoms with Crippen LogP contribution in [0, 0.1) is 5.92 Å². The lowest BCUT2D eigenvalue weighted by atomic mass is 9.93. The van der Waals surface area contributed by atoms with Gasteiger partial charge < -0.3 is 15.4 Å². The Balaban J connectivity index is 2.18. The van der Waals surface area contributed by atoms with Crippen molar-refractivity contribution in [2.75, 3.05) is 6.61 Å². The van der Waals surface area contributed by atoms with Gasteiger partial charge in [0.2, 0.25) is 5.91 Å². The lowest BCUT2D eigenvalue weighted by molar-refractivity contribution is -0.123. The number of hydrogen-bond donors (Lipinski definition) is 2. The van der Waals surface area contributed by atoms with Gasteiger partial charge in [-0.15, -0.1) is 0 Å². The second-order valence-electron chi connectivity index (χ2n) is 6.93. The summed E-state index contributed by atoms with van der Waals surface area (Å²) >= 11 is 0. The maximum atomic E-state index is 11.7. The van der Waals surface area contributed by atoms with Crippen molar-refractivity contribution < 1.29 is 14.3 Å². The Morgan fingerprint density at radius 3 is 2.58 bits per heavy atom. The molecule has 0 unspecified atom stereocenters. The first-order valence-electron chi connectivity index (χ1n) is 6.86. The molecular formula is C14H26N2O3. The Kier molecular flexibility index (Phi) is 4.82. The molecule has 0 bridgehead atoms. The first-order chi connectivity index (χ1) is 8.59. The van der Waals surface area contributed by atoms with Crippen molar-refractivity contribution in [2.45, 2.75) is 65.0 Å². The molecule has 1 fully saturated rings. The molecule has 0 saturated carbocycles. The standard InChI is InChI=1S/C14H26N2O3/c1-13(2,3)16-12(18)19-8-6-7-10-9-14(4,5)15-11(10)17/h10H,6-9H2,1-5H3,(H,15,17)(H,16,18)/t10-/m0/s1. The number of ether oxygens (including phenoxy) is 1. The van der Waals surface area contributed by atoms with Crippen molar-refractivity contribution in [3.63, 3.8) is 0 Å². The molecule has 1 heterocycles. The molecule has 1 aliphatic rings. The molecule has 0 aromatic heterocycles. The highest BCUT2D eigenvalue weighted by Gasteiger charge is 2.36. The summed E-state index contributed by atoms with van der Waals surface area (Å²) in [6.07, 6.45) is 1.92. The van der Waals surface area contributed by atoms with E-state index < -0.39 is 6.09 Å². The van der Waals surface area contributed by atoms with Gasteiger partial charge in [0.25, 0.3) is 0 Å². The number of rotatable bonds is 4. The van der Waals surface area contributed by atoms with Gasteiger partial charge in [0, 0.05) is 17.0 Å². The third-order valence-corrected chi connectivity index (χ3v) is 3.00. The van der Waals surface area contributed by atoms with Crippen LogP contribution >= 0.6 is 0 Å². The lowest BCUT2D eigenvalue weighted by Crippen LogP contribution is -2.41. The summed E-state index contributed by atoms with van der Waals surface area (Å²) in [5.41, 5.74) is -0.390. The van der Waals surface area contributed by atoms with Crippen molar-refractivity contribution in [3.05, 3.63) is 0 Å². The van der Waals surface area contributed by atoms with E-state index in [9.17, 15) is 9.59 Å². The Morgan fingerprint density at radius 2 is 2.11 bits per heavy atom. The van der Waals surface area contributed by atoms with Gasteiger partial charge in [-0.2, -0.15) is 0 Å². The zero-order chi connectivity index (χ0) is 14.7. The van der Waals surface area contributed by atoms with E-state index in [1.165, 1.54) is 0 Å². The molecule has 1 saturated heterocycles. The van der Waals surface area contributed by atoms with Gasteiger partial charge in [-0.3, -0.25) is 4.79 Å². The molecule has 1 aliphatic heterocycles. The van der Waals surface area contributed by atoms with Gasteiger partial charge >= 0.3 is 6.09 Å². The predicted molar refractivity (Wildman–Crippen MR) is 73.8 cm³/mol. The Morgan fingerprint density at radius 1 is 1.47 bits per heavy atom. The number of carbonyl (C=O) groups excluding carboxylic acids is 2. The summed E-state index contributed by atoms with van der Waals surface area (Å²) in [5.74, 6) is 0.161. The molecule has 0 aromatic carbocycles. The molecule has 0 aromatic rings. The minimum atomic E-state index is -0.399. The van der Waals surface area contributed by atoms with E-state index in [2.05, 4.69) is 10.6 Å². The summed E-state index contributed by atoms with van der Waals surface area (Å²) in [6, 6.07) is 0. The number of amides is 2. The molecule has 5 heteroatoms. The maximum Gasteiger partial charge on any atom is 0.407 e. The molecule has 0 radical (unpaired) electrons. The van der Waals surface area contributed by atoms with Crippen molar-refractivity contribution in [1.82, 2.24) is 10.6 Å². The molecule has 0 spiro atoms. The number of alkyl carbamates (subject to hydrolysis) is 1. The first-order valence-corrected chi connectivity index (χ1v) is 6.86. The second kappa shape index (κ2) is 5.80. The van der Waals surface area contributed by atoms with Gasteiger partial charge in [-0.05, 0) is 53.9 Å². The van der Waals surface area contributed by atoms with Gasteiger partial charge in [0.15, 0.2) is 0 Å². The van der Waals surface area contributed by atoms with Crippen LogP contribution in [0.1, 0.15) is 53.9 Å². The van der Waals surface area contributed by atoms with E-state index in [0.29, 0.717) is 13.0 Å². The molecule has 2 N–H and O–H groups in total. The summed E-state index contributed by atoms with van der Waals surface area (Å²) < 4.78 is 5.08. The second-order valence-corrected chi connectivity index (χ2v) is 6.93. The highest BCUT2D eigenvalue weighted by molar-refractivity contribution is 5.81. The number of hydrogen-bond acceptors (Lipinski definition) is 3. The molecular weight excluding hydrogens is 244 g/mol. The molecule has 1 rings (SSSR count). The Labute approximate surface area is 115 Å². The smallest absolute Gasteiger partial charge is 0.407 e. The first kappa shape index (κ1) is 15.8. The monoisotopic (exact) mass is 270 g/mol. The van der Waals surface area contributed by atoms with E-state index in [-0.39, 0.29) is 22.9 Å². The average molecular weight is 270 g/mol. The van der Waals surface area contributed by atoms with Crippen LogP contribution in [0.5, 0.6) is 0 Å². The zero-order valence-electron chi connectivity index (χ0n) is 12.6. The normalized spacial score (nSPS) is 21.9. The molecule has 2 amide bonds. The van der Waals surface area contributed by atoms with Crippen LogP contribution in [0.3, 0.4) is 0 Å². The fourth-order valence-electron chi connectivity index (χ4n) is 2.27. The minimum Gasteiger partial charge on any atom is -0.450 e. The van der Waals surface area contributed by atoms with Crippen LogP contribution < -0.4 is 10.6 Å². The fourth-order valence-corrected chi connectivity index (χ4v) is 2.27. The zero-order valence-corrected chi connectivity index (χ0v) is 12.6. The van der Waals surface area contributed by atoms with Gasteiger partial charge in [0.1, 0.15) is 0 Å². The van der Waals surface area contributed by atoms with Crippen LogP contribution in [0.2, 0.25) is 0 Å². The lowest BCUT2D eigenvalue weighted by Gasteiger charge is -2.20. The van der Waals surface area contributed by atoms with Crippen molar-refractivity contribution in [3.8, 4) is 0 Å². The van der Waals surface area contributed by atoms with Crippen molar-refractivity contribution >= 4 is 12.0 Å². The summed E-state index contributed by atoms with van der Waals surface area (Å²) in [4.78, 5) is 23.1. The van der Waals surface area contributed by atoms with Gasteiger partial charge in [0.05, 0.1) is 6.61 Å². The predicted octanol–water partition coefficient (Wildman–Crippen LogP) is 2.21. The molecule has 5 nitrogen and oxygen atoms in total. The van der Waals surface area contributed by atoms with E-state index >= 15 is 0 Å². The summed E-state index contributed by atoms with van der Waals surface area (Å²) in [6.45, 7) is 10.1. The van der Waals surface area contributed by atoms with Crippen LogP contribution in [-0.4, -0.2) is 29.7 Å². The third kappa shape index (κ3) is 5.94. The minimum absolute atomic E-state index is 0.0456. The van der Waals surface area contributed by atoms with Gasteiger partial charge in [-0.25, -0.2) is 4.79 Å². The van der Waals surface area contributed by atoms with E-state index in [0.717, 1.165) is 12.8 Å². The van der Waals surface area contributed by atoms with E-state index in [1.54, 1.807) is 0 Å². The summed E-state index contributed by atoms with van der Waals surface area (Å²) in [5, 5.41) is 5.69. The molecule has 19 heavy (non-hydrogen) atoms. The molecule has 1 atom stereocenters. The number of carbonyl (C=O) groups is 2. The Hall–Kier alpha value is -1.26. The molecule has 0 aliphatic carbocycles. The highest BCUT2D eigenvalue weighted by atomic mass is 16.5. The van der Waals surface area contributed by atoms with Gasteiger partial charge in [-0.1, -0.05) is 0 Å². The number of nitrogens with one attached hydrogen (secondary N) is 2. The largest absolute Gasteiger partial charge is 0.450 e. The average Bonchev–Trinajstić information content (AvgIpc) is 2.44. The molecule has 110 valence electrons. The van der Waals surface area contributed by atoms with E-state index in [4.69, 9.17) is 4.74 Å².